The molecule has 0 saturated carbocycles. The first-order valence-electron chi connectivity index (χ1n) is 4.88. The summed E-state index contributed by atoms with van der Waals surface area (Å²) in [5.41, 5.74) is 4.11. The fourth-order valence-electron chi connectivity index (χ4n) is 1.43. The Hall–Kier alpha value is -0.940. The van der Waals surface area contributed by atoms with Crippen molar-refractivity contribution in [2.75, 3.05) is 11.9 Å². The van der Waals surface area contributed by atoms with Crippen LogP contribution in [0.15, 0.2) is 27.6 Å². The molecule has 16 heavy (non-hydrogen) atoms. The third-order valence-corrected chi connectivity index (χ3v) is 3.92. The van der Waals surface area contributed by atoms with E-state index in [9.17, 15) is 0 Å². The Morgan fingerprint density at radius 2 is 2.25 bits per heavy atom. The van der Waals surface area contributed by atoms with Gasteiger partial charge in [0.2, 0.25) is 0 Å². The summed E-state index contributed by atoms with van der Waals surface area (Å²) in [5.74, 6) is 0.952. The molecule has 0 bridgehead atoms. The number of hydrogen-bond acceptors (Lipinski definition) is 4. The van der Waals surface area contributed by atoms with E-state index in [0.29, 0.717) is 0 Å². The van der Waals surface area contributed by atoms with Crippen molar-refractivity contribution in [1.82, 2.24) is 9.97 Å². The Kier molecular flexibility index (Phi) is 3.56. The largest absolute Gasteiger partial charge is 0.353 e. The van der Waals surface area contributed by atoms with Crippen LogP contribution in [0.5, 0.6) is 0 Å². The lowest BCUT2D eigenvalue weighted by atomic mass is 10.3. The molecule has 3 nitrogen and oxygen atoms in total. The Balaban J connectivity index is 2.21. The van der Waals surface area contributed by atoms with Crippen molar-refractivity contribution in [3.63, 3.8) is 0 Å². The molecule has 0 atom stereocenters. The molecule has 0 fully saturated rings. The maximum Gasteiger partial charge on any atom is 0.143 e. The van der Waals surface area contributed by atoms with Crippen LogP contribution < -0.4 is 4.90 Å². The summed E-state index contributed by atoms with van der Waals surface area (Å²) in [6.07, 6.45) is 1.83. The Morgan fingerprint density at radius 3 is 2.94 bits per heavy atom. The molecule has 2 aromatic rings. The zero-order valence-electron chi connectivity index (χ0n) is 9.14. The van der Waals surface area contributed by atoms with Crippen molar-refractivity contribution < 1.29 is 0 Å². The van der Waals surface area contributed by atoms with Gasteiger partial charge in [-0.05, 0) is 34.5 Å². The van der Waals surface area contributed by atoms with Crippen LogP contribution >= 0.6 is 27.3 Å². The smallest absolute Gasteiger partial charge is 0.143 e. The summed E-state index contributed by atoms with van der Waals surface area (Å²) in [5, 5.41) is 2.06. The number of halogens is 1. The molecule has 0 aliphatic rings. The second kappa shape index (κ2) is 4.93. The van der Waals surface area contributed by atoms with E-state index in [1.807, 2.05) is 24.8 Å². The van der Waals surface area contributed by atoms with E-state index in [2.05, 4.69) is 43.1 Å². The van der Waals surface area contributed by atoms with Gasteiger partial charge in [0.05, 0.1) is 22.2 Å². The molecule has 84 valence electrons. The minimum atomic E-state index is 0.776. The van der Waals surface area contributed by atoms with Crippen molar-refractivity contribution in [2.24, 2.45) is 0 Å². The zero-order valence-corrected chi connectivity index (χ0v) is 11.5. The number of anilines is 1. The molecule has 2 aromatic heterocycles. The molecule has 0 aliphatic carbocycles. The average Bonchev–Trinajstić information content (AvgIpc) is 2.74. The van der Waals surface area contributed by atoms with Gasteiger partial charge >= 0.3 is 0 Å². The maximum atomic E-state index is 4.37. The van der Waals surface area contributed by atoms with Crippen LogP contribution in [0.25, 0.3) is 0 Å². The number of thiazole rings is 1. The lowest BCUT2D eigenvalue weighted by Gasteiger charge is -2.19. The van der Waals surface area contributed by atoms with Crippen LogP contribution in [0.4, 0.5) is 5.82 Å². The first-order chi connectivity index (χ1) is 7.68. The lowest BCUT2D eigenvalue weighted by molar-refractivity contribution is 0.869. The van der Waals surface area contributed by atoms with Crippen LogP contribution in [0, 0.1) is 6.92 Å². The van der Waals surface area contributed by atoms with Crippen molar-refractivity contribution in [1.29, 1.82) is 0 Å². The highest BCUT2D eigenvalue weighted by molar-refractivity contribution is 9.10. The fraction of sp³-hybridized carbons (Fsp3) is 0.273. The normalized spacial score (nSPS) is 10.4. The Bertz CT molecular complexity index is 470. The number of aryl methyl sites for hydroxylation is 1. The Labute approximate surface area is 107 Å². The quantitative estimate of drug-likeness (QED) is 0.871. The maximum absolute atomic E-state index is 4.37. The molecule has 0 aliphatic heterocycles. The number of rotatable bonds is 3. The Morgan fingerprint density at radius 1 is 1.44 bits per heavy atom. The van der Waals surface area contributed by atoms with Crippen molar-refractivity contribution in [3.05, 3.63) is 38.9 Å². The first-order valence-corrected chi connectivity index (χ1v) is 6.61. The minimum absolute atomic E-state index is 0.776. The molecule has 0 radical (unpaired) electrons. The van der Waals surface area contributed by atoms with Crippen molar-refractivity contribution >= 4 is 33.1 Å². The summed E-state index contributed by atoms with van der Waals surface area (Å²) in [7, 11) is 2.02. The van der Waals surface area contributed by atoms with Gasteiger partial charge in [0.25, 0.3) is 0 Å². The van der Waals surface area contributed by atoms with Crippen LogP contribution in [0.3, 0.4) is 0 Å². The first kappa shape index (κ1) is 11.5. The molecule has 0 spiro atoms. The van der Waals surface area contributed by atoms with Gasteiger partial charge in [0.1, 0.15) is 5.82 Å². The number of nitrogens with zero attached hydrogens (tertiary/aromatic N) is 3. The molecule has 0 amide bonds. The molecule has 5 heteroatoms. The van der Waals surface area contributed by atoms with E-state index in [-0.39, 0.29) is 0 Å². The highest BCUT2D eigenvalue weighted by Gasteiger charge is 2.10. The molecule has 0 saturated heterocycles. The third-order valence-electron chi connectivity index (χ3n) is 2.31. The van der Waals surface area contributed by atoms with Gasteiger partial charge in [-0.2, -0.15) is 0 Å². The second-order valence-electron chi connectivity index (χ2n) is 3.60. The molecular formula is C11H12BrN3S. The van der Waals surface area contributed by atoms with Gasteiger partial charge in [-0.15, -0.1) is 11.3 Å². The molecule has 2 rings (SSSR count). The van der Waals surface area contributed by atoms with Gasteiger partial charge in [-0.25, -0.2) is 9.97 Å². The lowest BCUT2D eigenvalue weighted by Crippen LogP contribution is -2.18. The summed E-state index contributed by atoms with van der Waals surface area (Å²) in [6, 6.07) is 1.99. The highest BCUT2D eigenvalue weighted by atomic mass is 79.9. The number of pyridine rings is 1. The van der Waals surface area contributed by atoms with Crippen LogP contribution in [-0.4, -0.2) is 17.0 Å². The van der Waals surface area contributed by atoms with E-state index in [1.54, 1.807) is 11.3 Å². The van der Waals surface area contributed by atoms with E-state index in [4.69, 9.17) is 0 Å². The van der Waals surface area contributed by atoms with Gasteiger partial charge < -0.3 is 4.90 Å². The van der Waals surface area contributed by atoms with E-state index in [0.717, 1.165) is 22.5 Å². The number of hydrogen-bond donors (Lipinski definition) is 0. The van der Waals surface area contributed by atoms with Crippen molar-refractivity contribution in [2.45, 2.75) is 13.5 Å². The van der Waals surface area contributed by atoms with E-state index in [1.165, 1.54) is 5.56 Å². The topological polar surface area (TPSA) is 29.0 Å². The summed E-state index contributed by atoms with van der Waals surface area (Å²) in [6.45, 7) is 2.84. The van der Waals surface area contributed by atoms with E-state index < -0.39 is 0 Å². The fourth-order valence-corrected chi connectivity index (χ4v) is 2.51. The predicted molar refractivity (Wildman–Crippen MR) is 70.9 cm³/mol. The van der Waals surface area contributed by atoms with Gasteiger partial charge in [-0.3, -0.25) is 0 Å². The standard InChI is InChI=1S/C11H12BrN3S/c1-8-3-4-13-11(10(8)12)15(2)5-9-6-16-7-14-9/h3-4,6-7H,5H2,1-2H3. The minimum Gasteiger partial charge on any atom is -0.353 e. The molecule has 0 unspecified atom stereocenters. The molecule has 0 N–H and O–H groups in total. The van der Waals surface area contributed by atoms with Crippen LogP contribution in [0.2, 0.25) is 0 Å². The summed E-state index contributed by atoms with van der Waals surface area (Å²) < 4.78 is 1.05. The van der Waals surface area contributed by atoms with Gasteiger partial charge in [0, 0.05) is 18.6 Å². The summed E-state index contributed by atoms with van der Waals surface area (Å²) in [4.78, 5) is 10.7. The monoisotopic (exact) mass is 297 g/mol. The van der Waals surface area contributed by atoms with Crippen LogP contribution in [-0.2, 0) is 6.54 Å². The van der Waals surface area contributed by atoms with Gasteiger partial charge in [0.15, 0.2) is 0 Å². The average molecular weight is 298 g/mol. The molecule has 0 aromatic carbocycles. The van der Waals surface area contributed by atoms with Gasteiger partial charge in [-0.1, -0.05) is 0 Å². The predicted octanol–water partition coefficient (Wildman–Crippen LogP) is 3.25. The van der Waals surface area contributed by atoms with E-state index >= 15 is 0 Å². The molecular weight excluding hydrogens is 286 g/mol. The highest BCUT2D eigenvalue weighted by Crippen LogP contribution is 2.26. The van der Waals surface area contributed by atoms with Crippen molar-refractivity contribution in [3.8, 4) is 0 Å². The molecule has 2 heterocycles. The number of aromatic nitrogens is 2. The second-order valence-corrected chi connectivity index (χ2v) is 5.11. The summed E-state index contributed by atoms with van der Waals surface area (Å²) >= 11 is 5.18. The SMILES string of the molecule is Cc1ccnc(N(C)Cc2cscn2)c1Br. The van der Waals surface area contributed by atoms with Crippen LogP contribution in [0.1, 0.15) is 11.3 Å². The third kappa shape index (κ3) is 2.41. The zero-order chi connectivity index (χ0) is 11.5.